The van der Waals surface area contributed by atoms with Gasteiger partial charge in [-0.2, -0.15) is 4.37 Å². The van der Waals surface area contributed by atoms with Gasteiger partial charge in [-0.3, -0.25) is 0 Å². The van der Waals surface area contributed by atoms with Gasteiger partial charge in [0.05, 0.1) is 16.5 Å². The molecule has 0 aromatic carbocycles. The smallest absolute Gasteiger partial charge is 0.185 e. The van der Waals surface area contributed by atoms with Crippen LogP contribution in [-0.4, -0.2) is 30.1 Å². The van der Waals surface area contributed by atoms with E-state index in [9.17, 15) is 8.42 Å². The summed E-state index contributed by atoms with van der Waals surface area (Å²) < 4.78 is 28.4. The third-order valence-corrected chi connectivity index (χ3v) is 6.54. The van der Waals surface area contributed by atoms with Crippen LogP contribution in [0.5, 0.6) is 0 Å². The summed E-state index contributed by atoms with van der Waals surface area (Å²) in [6.45, 7) is 4.38. The highest BCUT2D eigenvalue weighted by Crippen LogP contribution is 2.32. The van der Waals surface area contributed by atoms with Crippen LogP contribution in [0, 0.1) is 6.92 Å². The maximum atomic E-state index is 12.2. The molecule has 2 rings (SSSR count). The summed E-state index contributed by atoms with van der Waals surface area (Å²) in [7, 11) is -3.37. The Labute approximate surface area is 132 Å². The molecule has 0 fully saturated rings. The topological polar surface area (TPSA) is 98.0 Å². The first-order chi connectivity index (χ1) is 9.94. The summed E-state index contributed by atoms with van der Waals surface area (Å²) in [6, 6.07) is 0. The highest BCUT2D eigenvalue weighted by atomic mass is 32.2. The van der Waals surface area contributed by atoms with Gasteiger partial charge in [-0.25, -0.2) is 13.4 Å². The molecule has 0 saturated heterocycles. The fraction of sp³-hybridized carbons (Fsp3) is 0.500. The van der Waals surface area contributed by atoms with Crippen LogP contribution >= 0.6 is 22.9 Å². The standard InChI is InChI=1S/C12H18N4O2S3/c1-3-6-21(17,18)10-11(13)16-20-12(10)14-5-4-9-7-19-8(2)15-9/h7,14H,3-6H2,1-2H3,(H2,13,16). The van der Waals surface area contributed by atoms with E-state index in [1.807, 2.05) is 19.2 Å². The molecule has 0 aliphatic carbocycles. The third kappa shape index (κ3) is 3.92. The predicted molar refractivity (Wildman–Crippen MR) is 87.9 cm³/mol. The number of anilines is 2. The van der Waals surface area contributed by atoms with Gasteiger partial charge in [-0.1, -0.05) is 6.92 Å². The fourth-order valence-electron chi connectivity index (χ4n) is 1.91. The van der Waals surface area contributed by atoms with Crippen molar-refractivity contribution in [1.29, 1.82) is 0 Å². The van der Waals surface area contributed by atoms with Gasteiger partial charge in [-0.05, 0) is 24.9 Å². The Bertz CT molecular complexity index is 706. The van der Waals surface area contributed by atoms with Crippen LogP contribution in [0.2, 0.25) is 0 Å². The molecular weight excluding hydrogens is 328 g/mol. The number of aromatic nitrogens is 2. The Morgan fingerprint density at radius 3 is 2.81 bits per heavy atom. The molecule has 0 aliphatic heterocycles. The summed E-state index contributed by atoms with van der Waals surface area (Å²) in [5.41, 5.74) is 6.71. The Kier molecular flexibility index (Phi) is 5.17. The summed E-state index contributed by atoms with van der Waals surface area (Å²) >= 11 is 2.69. The number of nitrogens with zero attached hydrogens (tertiary/aromatic N) is 2. The van der Waals surface area contributed by atoms with Crippen molar-refractivity contribution in [2.24, 2.45) is 0 Å². The van der Waals surface area contributed by atoms with Crippen LogP contribution in [0.1, 0.15) is 24.0 Å². The molecule has 6 nitrogen and oxygen atoms in total. The Morgan fingerprint density at radius 2 is 2.19 bits per heavy atom. The minimum atomic E-state index is -3.37. The van der Waals surface area contributed by atoms with Crippen molar-refractivity contribution >= 4 is 43.5 Å². The van der Waals surface area contributed by atoms with E-state index >= 15 is 0 Å². The minimum absolute atomic E-state index is 0.0789. The molecule has 2 aromatic rings. The largest absolute Gasteiger partial charge is 0.382 e. The van der Waals surface area contributed by atoms with E-state index < -0.39 is 9.84 Å². The van der Waals surface area contributed by atoms with Crippen molar-refractivity contribution in [1.82, 2.24) is 9.36 Å². The van der Waals surface area contributed by atoms with E-state index in [2.05, 4.69) is 14.7 Å². The van der Waals surface area contributed by atoms with E-state index in [0.29, 0.717) is 18.0 Å². The maximum Gasteiger partial charge on any atom is 0.185 e. The van der Waals surface area contributed by atoms with E-state index in [0.717, 1.165) is 28.7 Å². The number of aryl methyl sites for hydroxylation is 1. The molecule has 0 radical (unpaired) electrons. The van der Waals surface area contributed by atoms with E-state index in [1.54, 1.807) is 11.3 Å². The molecule has 2 heterocycles. The SMILES string of the molecule is CCCS(=O)(=O)c1c(N)nsc1NCCc1csc(C)n1. The summed E-state index contributed by atoms with van der Waals surface area (Å²) in [4.78, 5) is 4.51. The van der Waals surface area contributed by atoms with Gasteiger partial charge in [0.2, 0.25) is 0 Å². The van der Waals surface area contributed by atoms with Gasteiger partial charge < -0.3 is 11.1 Å². The second kappa shape index (κ2) is 6.71. The summed E-state index contributed by atoms with van der Waals surface area (Å²) in [6.07, 6.45) is 1.28. The Morgan fingerprint density at radius 1 is 1.43 bits per heavy atom. The summed E-state index contributed by atoms with van der Waals surface area (Å²) in [5.74, 6) is 0.163. The molecule has 3 N–H and O–H groups in total. The average molecular weight is 347 g/mol. The zero-order valence-electron chi connectivity index (χ0n) is 11.9. The Hall–Kier alpha value is -1.19. The first kappa shape index (κ1) is 16.2. The third-order valence-electron chi connectivity index (χ3n) is 2.79. The lowest BCUT2D eigenvalue weighted by molar-refractivity contribution is 0.595. The van der Waals surface area contributed by atoms with Crippen molar-refractivity contribution in [3.8, 4) is 0 Å². The fourth-order valence-corrected chi connectivity index (χ4v) is 5.20. The molecule has 2 aromatic heterocycles. The average Bonchev–Trinajstić information content (AvgIpc) is 2.96. The number of rotatable bonds is 7. The molecule has 0 aliphatic rings. The number of sulfone groups is 1. The summed E-state index contributed by atoms with van der Waals surface area (Å²) in [5, 5.41) is 6.67. The number of hydrogen-bond acceptors (Lipinski definition) is 8. The number of nitrogens with one attached hydrogen (secondary N) is 1. The van der Waals surface area contributed by atoms with Crippen molar-refractivity contribution in [3.63, 3.8) is 0 Å². The van der Waals surface area contributed by atoms with Crippen LogP contribution < -0.4 is 11.1 Å². The van der Waals surface area contributed by atoms with Crippen LogP contribution in [0.15, 0.2) is 10.3 Å². The van der Waals surface area contributed by atoms with E-state index in [-0.39, 0.29) is 16.5 Å². The molecule has 0 atom stereocenters. The molecule has 0 saturated carbocycles. The Balaban J connectivity index is 2.07. The van der Waals surface area contributed by atoms with Crippen LogP contribution in [0.25, 0.3) is 0 Å². The van der Waals surface area contributed by atoms with Gasteiger partial charge in [0, 0.05) is 18.3 Å². The van der Waals surface area contributed by atoms with Crippen molar-refractivity contribution < 1.29 is 8.42 Å². The second-order valence-corrected chi connectivity index (χ2v) is 8.46. The van der Waals surface area contributed by atoms with Crippen molar-refractivity contribution in [3.05, 3.63) is 16.1 Å². The van der Waals surface area contributed by atoms with Crippen LogP contribution in [-0.2, 0) is 16.3 Å². The molecule has 21 heavy (non-hydrogen) atoms. The number of nitrogen functional groups attached to an aromatic ring is 1. The number of thiazole rings is 1. The van der Waals surface area contributed by atoms with Gasteiger partial charge in [0.25, 0.3) is 0 Å². The van der Waals surface area contributed by atoms with Crippen molar-refractivity contribution in [2.75, 3.05) is 23.3 Å². The molecule has 116 valence electrons. The lowest BCUT2D eigenvalue weighted by Crippen LogP contribution is -2.12. The van der Waals surface area contributed by atoms with Gasteiger partial charge in [0.15, 0.2) is 15.7 Å². The quantitative estimate of drug-likeness (QED) is 0.798. The number of nitrogens with two attached hydrogens (primary N) is 1. The van der Waals surface area contributed by atoms with Crippen LogP contribution in [0.3, 0.4) is 0 Å². The van der Waals surface area contributed by atoms with E-state index in [1.165, 1.54) is 0 Å². The first-order valence-corrected chi connectivity index (χ1v) is 9.87. The second-order valence-electron chi connectivity index (χ2n) is 4.58. The predicted octanol–water partition coefficient (Wildman–Crippen LogP) is 2.33. The van der Waals surface area contributed by atoms with Gasteiger partial charge in [-0.15, -0.1) is 11.3 Å². The molecule has 9 heteroatoms. The molecule has 0 amide bonds. The van der Waals surface area contributed by atoms with Crippen LogP contribution in [0.4, 0.5) is 10.8 Å². The lowest BCUT2D eigenvalue weighted by Gasteiger charge is -2.07. The lowest BCUT2D eigenvalue weighted by atomic mass is 10.3. The monoisotopic (exact) mass is 346 g/mol. The first-order valence-electron chi connectivity index (χ1n) is 6.57. The molecule has 0 bridgehead atoms. The zero-order valence-corrected chi connectivity index (χ0v) is 14.4. The number of hydrogen-bond donors (Lipinski definition) is 2. The van der Waals surface area contributed by atoms with Gasteiger partial charge in [0.1, 0.15) is 9.90 Å². The molecule has 0 spiro atoms. The van der Waals surface area contributed by atoms with Gasteiger partial charge >= 0.3 is 0 Å². The molecule has 0 unspecified atom stereocenters. The highest BCUT2D eigenvalue weighted by molar-refractivity contribution is 7.91. The molecular formula is C12H18N4O2S3. The highest BCUT2D eigenvalue weighted by Gasteiger charge is 2.24. The normalized spacial score (nSPS) is 11.7. The van der Waals surface area contributed by atoms with Crippen molar-refractivity contribution in [2.45, 2.75) is 31.6 Å². The van der Waals surface area contributed by atoms with E-state index in [4.69, 9.17) is 5.73 Å². The maximum absolute atomic E-state index is 12.2. The zero-order chi connectivity index (χ0) is 15.5. The minimum Gasteiger partial charge on any atom is -0.382 e.